The van der Waals surface area contributed by atoms with E-state index in [0.29, 0.717) is 36.0 Å². The van der Waals surface area contributed by atoms with Crippen molar-refractivity contribution in [3.05, 3.63) is 64.1 Å². The van der Waals surface area contributed by atoms with Crippen LogP contribution in [0.4, 0.5) is 0 Å². The summed E-state index contributed by atoms with van der Waals surface area (Å²) in [6.45, 7) is 1.20. The number of nitrogens with one attached hydrogen (secondary N) is 1. The number of halogens is 2. The third-order valence-corrected chi connectivity index (χ3v) is 5.15. The van der Waals surface area contributed by atoms with Crippen LogP contribution in [0.25, 0.3) is 0 Å². The van der Waals surface area contributed by atoms with E-state index in [-0.39, 0.29) is 5.91 Å². The smallest absolute Gasteiger partial charge is 0.220 e. The second kappa shape index (κ2) is 11.3. The fraction of sp³-hybridized carbons (Fsp3) is 0.316. The van der Waals surface area contributed by atoms with Gasteiger partial charge in [-0.05, 0) is 36.2 Å². The lowest BCUT2D eigenvalue weighted by molar-refractivity contribution is -0.121. The third-order valence-electron chi connectivity index (χ3n) is 3.38. The molecule has 3 nitrogen and oxygen atoms in total. The molecule has 0 aromatic heterocycles. The van der Waals surface area contributed by atoms with Crippen LogP contribution in [0.1, 0.15) is 18.4 Å². The molecule has 2 rings (SSSR count). The lowest BCUT2D eigenvalue weighted by atomic mass is 10.2. The number of carbonyl (C=O) groups is 1. The average Bonchev–Trinajstić information content (AvgIpc) is 2.62. The minimum Gasteiger partial charge on any atom is -0.494 e. The predicted molar refractivity (Wildman–Crippen MR) is 107 cm³/mol. The Morgan fingerprint density at radius 3 is 2.64 bits per heavy atom. The summed E-state index contributed by atoms with van der Waals surface area (Å²) in [5.41, 5.74) is 1.13. The number of benzene rings is 2. The van der Waals surface area contributed by atoms with Gasteiger partial charge in [0.1, 0.15) is 5.75 Å². The van der Waals surface area contributed by atoms with Crippen molar-refractivity contribution >= 4 is 40.9 Å². The summed E-state index contributed by atoms with van der Waals surface area (Å²) in [4.78, 5) is 11.8. The summed E-state index contributed by atoms with van der Waals surface area (Å²) in [5.74, 6) is 2.60. The van der Waals surface area contributed by atoms with Crippen molar-refractivity contribution in [3.8, 4) is 5.75 Å². The standard InChI is InChI=1S/C19H21Cl2NO2S/c20-17-9-8-15(13-18(17)21)14-25-12-10-22-19(23)7-4-11-24-16-5-2-1-3-6-16/h1-3,5-6,8-9,13H,4,7,10-12,14H2,(H,22,23). The van der Waals surface area contributed by atoms with Gasteiger partial charge < -0.3 is 10.1 Å². The molecule has 0 saturated heterocycles. The molecule has 0 aliphatic carbocycles. The third kappa shape index (κ3) is 8.04. The van der Waals surface area contributed by atoms with E-state index in [1.165, 1.54) is 0 Å². The maximum Gasteiger partial charge on any atom is 0.220 e. The van der Waals surface area contributed by atoms with Gasteiger partial charge in [0, 0.05) is 24.5 Å². The van der Waals surface area contributed by atoms with Gasteiger partial charge in [-0.3, -0.25) is 4.79 Å². The number of hydrogen-bond acceptors (Lipinski definition) is 3. The maximum absolute atomic E-state index is 11.8. The summed E-state index contributed by atoms with van der Waals surface area (Å²) in [7, 11) is 0. The van der Waals surface area contributed by atoms with Crippen molar-refractivity contribution in [1.29, 1.82) is 0 Å². The molecule has 2 aromatic rings. The van der Waals surface area contributed by atoms with Crippen LogP contribution >= 0.6 is 35.0 Å². The minimum atomic E-state index is 0.0619. The molecular formula is C19H21Cl2NO2S. The maximum atomic E-state index is 11.8. The molecule has 0 bridgehead atoms. The Hall–Kier alpha value is -1.36. The van der Waals surface area contributed by atoms with Gasteiger partial charge in [-0.2, -0.15) is 11.8 Å². The monoisotopic (exact) mass is 397 g/mol. The highest BCUT2D eigenvalue weighted by molar-refractivity contribution is 7.98. The van der Waals surface area contributed by atoms with E-state index in [4.69, 9.17) is 27.9 Å². The first-order valence-corrected chi connectivity index (χ1v) is 10.0. The van der Waals surface area contributed by atoms with Crippen molar-refractivity contribution in [2.75, 3.05) is 18.9 Å². The zero-order chi connectivity index (χ0) is 17.9. The second-order valence-corrected chi connectivity index (χ2v) is 7.34. The molecular weight excluding hydrogens is 377 g/mol. The molecule has 0 aliphatic heterocycles. The Morgan fingerprint density at radius 2 is 1.88 bits per heavy atom. The largest absolute Gasteiger partial charge is 0.494 e. The number of ether oxygens (including phenoxy) is 1. The van der Waals surface area contributed by atoms with Crippen molar-refractivity contribution in [2.24, 2.45) is 0 Å². The first-order chi connectivity index (χ1) is 12.1. The molecule has 0 unspecified atom stereocenters. The van der Waals surface area contributed by atoms with Gasteiger partial charge in [0.15, 0.2) is 0 Å². The summed E-state index contributed by atoms with van der Waals surface area (Å²) in [6, 6.07) is 15.3. The molecule has 134 valence electrons. The number of carbonyl (C=O) groups excluding carboxylic acids is 1. The van der Waals surface area contributed by atoms with Crippen LogP contribution in [0.2, 0.25) is 10.0 Å². The van der Waals surface area contributed by atoms with Gasteiger partial charge >= 0.3 is 0 Å². The lowest BCUT2D eigenvalue weighted by Gasteiger charge is -2.07. The molecule has 0 spiro atoms. The van der Waals surface area contributed by atoms with E-state index < -0.39 is 0 Å². The van der Waals surface area contributed by atoms with E-state index in [0.717, 1.165) is 22.8 Å². The topological polar surface area (TPSA) is 38.3 Å². The number of rotatable bonds is 10. The average molecular weight is 398 g/mol. The van der Waals surface area contributed by atoms with E-state index in [9.17, 15) is 4.79 Å². The summed E-state index contributed by atoms with van der Waals surface area (Å²) in [5, 5.41) is 4.07. The van der Waals surface area contributed by atoms with Gasteiger partial charge in [-0.1, -0.05) is 47.5 Å². The fourth-order valence-corrected chi connectivity index (χ4v) is 3.24. The van der Waals surface area contributed by atoms with Crippen LogP contribution < -0.4 is 10.1 Å². The highest BCUT2D eigenvalue weighted by Gasteiger charge is 2.02. The molecule has 6 heteroatoms. The molecule has 0 radical (unpaired) electrons. The molecule has 1 amide bonds. The van der Waals surface area contributed by atoms with Gasteiger partial charge in [0.25, 0.3) is 0 Å². The number of thioether (sulfide) groups is 1. The van der Waals surface area contributed by atoms with Crippen LogP contribution in [0, 0.1) is 0 Å². The summed E-state index contributed by atoms with van der Waals surface area (Å²) >= 11 is 13.6. The Balaban J connectivity index is 1.50. The molecule has 0 aliphatic rings. The van der Waals surface area contributed by atoms with Crippen LogP contribution in [0.5, 0.6) is 5.75 Å². The van der Waals surface area contributed by atoms with E-state index in [1.807, 2.05) is 42.5 Å². The number of hydrogen-bond donors (Lipinski definition) is 1. The van der Waals surface area contributed by atoms with Crippen LogP contribution in [-0.4, -0.2) is 24.8 Å². The van der Waals surface area contributed by atoms with Crippen molar-refractivity contribution in [1.82, 2.24) is 5.32 Å². The molecule has 25 heavy (non-hydrogen) atoms. The van der Waals surface area contributed by atoms with E-state index in [2.05, 4.69) is 5.32 Å². The number of para-hydroxylation sites is 1. The molecule has 0 heterocycles. The van der Waals surface area contributed by atoms with Crippen LogP contribution in [0.15, 0.2) is 48.5 Å². The summed E-state index contributed by atoms with van der Waals surface area (Å²) < 4.78 is 5.56. The van der Waals surface area contributed by atoms with Crippen molar-refractivity contribution < 1.29 is 9.53 Å². The molecule has 0 saturated carbocycles. The van der Waals surface area contributed by atoms with Gasteiger partial charge in [-0.25, -0.2) is 0 Å². The van der Waals surface area contributed by atoms with E-state index in [1.54, 1.807) is 17.8 Å². The fourth-order valence-electron chi connectivity index (χ4n) is 2.11. The Morgan fingerprint density at radius 1 is 1.08 bits per heavy atom. The molecule has 2 aromatic carbocycles. The number of amides is 1. The lowest BCUT2D eigenvalue weighted by Crippen LogP contribution is -2.25. The Kier molecular flexibility index (Phi) is 9.02. The zero-order valence-electron chi connectivity index (χ0n) is 13.8. The first kappa shape index (κ1) is 20.0. The van der Waals surface area contributed by atoms with Gasteiger partial charge in [-0.15, -0.1) is 0 Å². The molecule has 0 fully saturated rings. The molecule has 0 atom stereocenters. The van der Waals surface area contributed by atoms with Crippen molar-refractivity contribution in [3.63, 3.8) is 0 Å². The van der Waals surface area contributed by atoms with Crippen molar-refractivity contribution in [2.45, 2.75) is 18.6 Å². The quantitative estimate of drug-likeness (QED) is 0.559. The van der Waals surface area contributed by atoms with Gasteiger partial charge in [0.2, 0.25) is 5.91 Å². The summed E-state index contributed by atoms with van der Waals surface area (Å²) in [6.07, 6.45) is 1.18. The van der Waals surface area contributed by atoms with E-state index >= 15 is 0 Å². The van der Waals surface area contributed by atoms with Gasteiger partial charge in [0.05, 0.1) is 16.7 Å². The normalized spacial score (nSPS) is 10.5. The van der Waals surface area contributed by atoms with Crippen LogP contribution in [0.3, 0.4) is 0 Å². The Bertz CT molecular complexity index is 668. The first-order valence-electron chi connectivity index (χ1n) is 8.11. The zero-order valence-corrected chi connectivity index (χ0v) is 16.2. The predicted octanol–water partition coefficient (Wildman–Crippen LogP) is 5.20. The highest BCUT2D eigenvalue weighted by atomic mass is 35.5. The second-order valence-electron chi connectivity index (χ2n) is 5.42. The Labute approximate surface area is 163 Å². The highest BCUT2D eigenvalue weighted by Crippen LogP contribution is 2.24. The minimum absolute atomic E-state index is 0.0619. The SMILES string of the molecule is O=C(CCCOc1ccccc1)NCCSCc1ccc(Cl)c(Cl)c1. The molecule has 1 N–H and O–H groups in total. The van der Waals surface area contributed by atoms with Crippen LogP contribution in [-0.2, 0) is 10.5 Å².